The first-order chi connectivity index (χ1) is 57.0. The number of aliphatic carboxylic acids is 1. The first-order valence-electron chi connectivity index (χ1n) is 36.9. The third-order valence-electron chi connectivity index (χ3n) is 15.7. The number of carbonyl (C=O) groups excluding carboxylic acids is 7. The van der Waals surface area contributed by atoms with Gasteiger partial charge in [-0.1, -0.05) is 0 Å². The van der Waals surface area contributed by atoms with Gasteiger partial charge in [-0.15, -0.1) is 68.0 Å². The fourth-order valence-corrected chi connectivity index (χ4v) is 14.8. The molecule has 0 spiro atoms. The number of carbonyl (C=O) groups is 9. The summed E-state index contributed by atoms with van der Waals surface area (Å²) in [5.74, 6) is -3.62. The highest BCUT2D eigenvalue weighted by atomic mass is 32.1. The maximum absolute atomic E-state index is 12.8. The van der Waals surface area contributed by atoms with E-state index in [1.54, 1.807) is 129 Å². The molecule has 0 aliphatic heterocycles. The largest absolute Gasteiger partial charge is 0.481 e. The summed E-state index contributed by atoms with van der Waals surface area (Å²) in [6, 6.07) is 44.1. The average molecular weight is 1730 g/mol. The number of esters is 3. The zero-order chi connectivity index (χ0) is 86.1. The number of amides is 4. The lowest BCUT2D eigenvalue weighted by Gasteiger charge is -2.19. The molecule has 6 aromatic carbocycles. The number of rotatable bonds is 28. The van der Waals surface area contributed by atoms with E-state index in [2.05, 4.69) is 61.4 Å². The summed E-state index contributed by atoms with van der Waals surface area (Å²) in [4.78, 5) is 135. The minimum Gasteiger partial charge on any atom is -0.481 e. The second kappa shape index (κ2) is 46.0. The maximum atomic E-state index is 12.8. The van der Waals surface area contributed by atoms with E-state index in [-0.39, 0.29) is 41.5 Å². The van der Waals surface area contributed by atoms with Gasteiger partial charge in [0.05, 0.1) is 19.8 Å². The highest BCUT2D eigenvalue weighted by molar-refractivity contribution is 7.15. The Hall–Kier alpha value is -12.4. The molecule has 4 amide bonds. The second-order valence-electron chi connectivity index (χ2n) is 26.7. The Balaban J connectivity index is 0.000000198. The molecule has 6 aromatic heterocycles. The normalized spacial score (nSPS) is 10.7. The monoisotopic (exact) mass is 1730 g/mol. The summed E-state index contributed by atoms with van der Waals surface area (Å²) >= 11 is 8.18. The highest BCUT2D eigenvalue weighted by Crippen LogP contribution is 2.32. The topological polar surface area (TPSA) is 401 Å². The number of nitrogens with two attached hydrogens (primary N) is 1. The minimum atomic E-state index is -1.05. The third-order valence-corrected chi connectivity index (χ3v) is 21.1. The molecular formula is C84H90N14O15S6. The Morgan fingerprint density at radius 3 is 0.958 bits per heavy atom. The van der Waals surface area contributed by atoms with E-state index < -0.39 is 35.6 Å². The number of hydrogen-bond donors (Lipinski definition) is 8. The Bertz CT molecular complexity index is 5330. The Morgan fingerprint density at radius 2 is 0.664 bits per heavy atom. The minimum absolute atomic E-state index is 0.0149. The molecule has 29 nitrogen and oxygen atoms in total. The number of nitrogens with zero attached hydrogens (tertiary/aromatic N) is 8. The van der Waals surface area contributed by atoms with Crippen molar-refractivity contribution in [3.05, 3.63) is 212 Å². The number of benzene rings is 6. The number of ether oxygens (including phenoxy) is 4. The van der Waals surface area contributed by atoms with Crippen molar-refractivity contribution in [2.75, 3.05) is 100 Å². The van der Waals surface area contributed by atoms with Crippen LogP contribution in [0.4, 0.5) is 38.9 Å². The highest BCUT2D eigenvalue weighted by Gasteiger charge is 2.21. The number of aromatic nitrogens is 6. The van der Waals surface area contributed by atoms with Crippen LogP contribution in [-0.4, -0.2) is 177 Å². The predicted octanol–water partition coefficient (Wildman–Crippen LogP) is 17.9. The molecule has 0 atom stereocenters. The van der Waals surface area contributed by atoms with Crippen molar-refractivity contribution >= 4 is 156 Å². The number of nitrogen functional groups attached to an aromatic ring is 1. The Morgan fingerprint density at radius 1 is 0.387 bits per heavy atom. The smallest absolute Gasteiger partial charge is 0.412 e. The van der Waals surface area contributed by atoms with Gasteiger partial charge in [-0.3, -0.25) is 24.5 Å². The van der Waals surface area contributed by atoms with Crippen molar-refractivity contribution in [2.45, 2.75) is 72.8 Å². The van der Waals surface area contributed by atoms with Crippen LogP contribution in [0.25, 0.3) is 63.4 Å². The molecule has 12 rings (SSSR count). The van der Waals surface area contributed by atoms with Gasteiger partial charge in [-0.05, 0) is 241 Å². The number of anilines is 6. The summed E-state index contributed by atoms with van der Waals surface area (Å²) < 4.78 is 20.0. The van der Waals surface area contributed by atoms with E-state index in [4.69, 9.17) is 34.9 Å². The van der Waals surface area contributed by atoms with Gasteiger partial charge in [0, 0.05) is 120 Å². The van der Waals surface area contributed by atoms with Crippen LogP contribution in [-0.2, 0) is 28.5 Å². The maximum Gasteiger partial charge on any atom is 0.412 e. The molecule has 0 fully saturated rings. The third kappa shape index (κ3) is 30.3. The van der Waals surface area contributed by atoms with Crippen molar-refractivity contribution in [3.63, 3.8) is 0 Å². The summed E-state index contributed by atoms with van der Waals surface area (Å²) in [7, 11) is 9.70. The van der Waals surface area contributed by atoms with Gasteiger partial charge in [0.1, 0.15) is 47.0 Å². The standard InChI is InChI=1S/C28H29N5O4S2.C23H20N4O3S2.C15H16N2O4S.C12H12N2O2S.C6H13NO2/c1-4-37-28(36)23-17-39-27(32-23)19-9-13-21(14-10-19)30-25(35)22-16-38-26(31-22)18-7-11-20(12-8-18)29-24(34)6-5-15-33(2)3;1-3-30-23(29)19-13-32-22(27-19)15-6-10-17(11-7-15)25-20(28)18-12-31-21(26-18)14-4-8-16(24-2)9-5-14;1-15(2,3)21-14(20)16-10-6-4-9(5-7-10)12-17-11(8-22-12)13(18)19;1-2-16-12(15)10-7-17-11(14-10)8-3-5-9(13)6-4-8;1-7(2)5-3-4-6(8)9/h7-14,16-17H,4-6,15H2,1-3H3,(H,29,34)(H,30,35);4-13,24H,3H2,1-2H3,(H,25,28);4-8H,1-3H3,(H,16,20)(H,18,19);3-7H,2,13H2,1H3;3-5H2,1-2H3,(H,8,9). The summed E-state index contributed by atoms with van der Waals surface area (Å²) in [5, 5.41) is 45.7. The Labute approximate surface area is 711 Å². The SMILES string of the molecule is CC(C)(C)OC(=O)Nc1ccc(-c2nc(C(=O)O)cs2)cc1.CCOC(=O)c1csc(-c2ccc(N)cc2)n1.CCOC(=O)c1csc(-c2ccc(NC(=O)c3csc(-c4ccc(NC(=O)CCCN(C)C)cc4)n3)cc2)n1.CCOC(=O)c1csc(-c2ccc(NC(=O)c3csc(-c4ccc(NC)cc4)n3)cc2)n1.CN(C)CCCC(=O)O. The van der Waals surface area contributed by atoms with Crippen molar-refractivity contribution in [3.8, 4) is 63.4 Å². The molecule has 9 N–H and O–H groups in total. The molecular weight excluding hydrogens is 1640 g/mol. The van der Waals surface area contributed by atoms with Gasteiger partial charge in [-0.25, -0.2) is 53.9 Å². The van der Waals surface area contributed by atoms with Gasteiger partial charge < -0.3 is 66.0 Å². The molecule has 0 aliphatic carbocycles. The van der Waals surface area contributed by atoms with Gasteiger partial charge in [0.25, 0.3) is 11.8 Å². The van der Waals surface area contributed by atoms with Crippen LogP contribution in [0, 0.1) is 0 Å². The van der Waals surface area contributed by atoms with Crippen molar-refractivity contribution < 1.29 is 72.3 Å². The van der Waals surface area contributed by atoms with Crippen molar-refractivity contribution in [2.24, 2.45) is 0 Å². The molecule has 0 radical (unpaired) electrons. The fraction of sp³-hybridized carbons (Fsp3) is 0.250. The molecule has 0 bridgehead atoms. The van der Waals surface area contributed by atoms with E-state index >= 15 is 0 Å². The molecule has 0 saturated heterocycles. The molecule has 0 saturated carbocycles. The number of carboxylic acids is 2. The molecule has 622 valence electrons. The first-order valence-corrected chi connectivity index (χ1v) is 42.2. The molecule has 119 heavy (non-hydrogen) atoms. The van der Waals surface area contributed by atoms with Gasteiger partial charge in [-0.2, -0.15) is 0 Å². The summed E-state index contributed by atoms with van der Waals surface area (Å²) in [6.07, 6.45) is 1.76. The van der Waals surface area contributed by atoms with Crippen LogP contribution in [0.15, 0.2) is 178 Å². The quantitative estimate of drug-likeness (QED) is 0.0128. The van der Waals surface area contributed by atoms with Crippen LogP contribution in [0.5, 0.6) is 0 Å². The van der Waals surface area contributed by atoms with E-state index in [1.165, 1.54) is 73.4 Å². The van der Waals surface area contributed by atoms with Crippen molar-refractivity contribution in [1.82, 2.24) is 39.7 Å². The number of hydrogen-bond acceptors (Lipinski definition) is 29. The van der Waals surface area contributed by atoms with Crippen LogP contribution in [0.1, 0.15) is 130 Å². The van der Waals surface area contributed by atoms with Crippen LogP contribution < -0.4 is 32.3 Å². The lowest BCUT2D eigenvalue weighted by molar-refractivity contribution is -0.137. The average Bonchev–Trinajstić information content (AvgIpc) is 1.73. The number of nitrogens with one attached hydrogen (secondary N) is 5. The molecule has 6 heterocycles. The van der Waals surface area contributed by atoms with Gasteiger partial charge in [0.2, 0.25) is 5.91 Å². The van der Waals surface area contributed by atoms with E-state index in [9.17, 15) is 43.2 Å². The second-order valence-corrected chi connectivity index (χ2v) is 31.9. The summed E-state index contributed by atoms with van der Waals surface area (Å²) in [5.41, 5.74) is 16.2. The lowest BCUT2D eigenvalue weighted by Crippen LogP contribution is -2.27. The molecule has 0 unspecified atom stereocenters. The molecule has 0 aliphatic rings. The predicted molar refractivity (Wildman–Crippen MR) is 472 cm³/mol. The van der Waals surface area contributed by atoms with E-state index in [0.717, 1.165) is 80.7 Å². The fourth-order valence-electron chi connectivity index (χ4n) is 9.97. The van der Waals surface area contributed by atoms with Gasteiger partial charge >= 0.3 is 35.9 Å². The first kappa shape index (κ1) is 92.2. The molecule has 35 heteroatoms. The van der Waals surface area contributed by atoms with Gasteiger partial charge in [0.15, 0.2) is 22.8 Å². The van der Waals surface area contributed by atoms with Crippen LogP contribution in [0.3, 0.4) is 0 Å². The zero-order valence-electron chi connectivity index (χ0n) is 67.0. The van der Waals surface area contributed by atoms with Crippen molar-refractivity contribution in [1.29, 1.82) is 0 Å². The number of carboxylic acid groups (broad SMARTS) is 2. The number of aromatic carboxylic acids is 1. The Kier molecular flexibility index (Phi) is 35.6. The van der Waals surface area contributed by atoms with E-state index in [1.807, 2.05) is 125 Å². The van der Waals surface area contributed by atoms with Crippen LogP contribution >= 0.6 is 68.0 Å². The number of thiazole rings is 6. The summed E-state index contributed by atoms with van der Waals surface area (Å²) in [6.45, 7) is 13.3. The van der Waals surface area contributed by atoms with E-state index in [0.29, 0.717) is 91.8 Å². The van der Waals surface area contributed by atoms with Crippen LogP contribution in [0.2, 0.25) is 0 Å². The lowest BCUT2D eigenvalue weighted by atomic mass is 10.2. The molecule has 12 aromatic rings. The zero-order valence-corrected chi connectivity index (χ0v) is 71.9.